The minimum Gasteiger partial charge on any atom is -0.503 e. The fourth-order valence-electron chi connectivity index (χ4n) is 2.20. The molecule has 3 aromatic rings. The van der Waals surface area contributed by atoms with Crippen LogP contribution in [0.2, 0.25) is 0 Å². The summed E-state index contributed by atoms with van der Waals surface area (Å²) in [6.45, 7) is 0. The zero-order valence-corrected chi connectivity index (χ0v) is 16.5. The van der Waals surface area contributed by atoms with Crippen LogP contribution in [0.15, 0.2) is 51.4 Å². The number of nitrogens with zero attached hydrogens (tertiary/aromatic N) is 2. The average molecular weight is 434 g/mol. The van der Waals surface area contributed by atoms with Crippen molar-refractivity contribution in [2.24, 2.45) is 5.10 Å². The van der Waals surface area contributed by atoms with Gasteiger partial charge in [0, 0.05) is 16.5 Å². The zero-order chi connectivity index (χ0) is 18.5. The molecule has 134 valence electrons. The van der Waals surface area contributed by atoms with Gasteiger partial charge in [-0.3, -0.25) is 5.43 Å². The number of hydrogen-bond acceptors (Lipinski definition) is 7. The molecule has 0 radical (unpaired) electrons. The lowest BCUT2D eigenvalue weighted by atomic mass is 10.2. The number of hydrazone groups is 1. The highest BCUT2D eigenvalue weighted by atomic mass is 79.9. The first kappa shape index (κ1) is 18.2. The van der Waals surface area contributed by atoms with E-state index in [4.69, 9.17) is 9.47 Å². The van der Waals surface area contributed by atoms with Gasteiger partial charge in [-0.25, -0.2) is 4.98 Å². The average Bonchev–Trinajstić information content (AvgIpc) is 3.14. The third-order valence-electron chi connectivity index (χ3n) is 3.58. The SMILES string of the molecule is COc1ccc(-c2csc(N/N=C\c3ccc(OC)c(O)c3Br)n2)cc1. The number of anilines is 1. The number of halogens is 1. The largest absolute Gasteiger partial charge is 0.503 e. The maximum absolute atomic E-state index is 9.99. The molecule has 0 fully saturated rings. The van der Waals surface area contributed by atoms with Crippen molar-refractivity contribution >= 4 is 38.6 Å². The van der Waals surface area contributed by atoms with E-state index in [0.29, 0.717) is 20.9 Å². The van der Waals surface area contributed by atoms with E-state index in [9.17, 15) is 5.11 Å². The van der Waals surface area contributed by atoms with Gasteiger partial charge in [-0.05, 0) is 52.3 Å². The van der Waals surface area contributed by atoms with Crippen molar-refractivity contribution in [1.82, 2.24) is 4.98 Å². The van der Waals surface area contributed by atoms with Crippen molar-refractivity contribution < 1.29 is 14.6 Å². The van der Waals surface area contributed by atoms with Gasteiger partial charge >= 0.3 is 0 Å². The van der Waals surface area contributed by atoms with Gasteiger partial charge in [-0.2, -0.15) is 5.10 Å². The number of phenolic OH excluding ortho intramolecular Hbond substituents is 1. The third kappa shape index (κ3) is 3.97. The van der Waals surface area contributed by atoms with Crippen LogP contribution in [0, 0.1) is 0 Å². The molecule has 2 aromatic carbocycles. The molecule has 0 spiro atoms. The molecule has 0 aliphatic carbocycles. The van der Waals surface area contributed by atoms with E-state index in [-0.39, 0.29) is 5.75 Å². The lowest BCUT2D eigenvalue weighted by Crippen LogP contribution is -1.93. The Labute approximate surface area is 163 Å². The molecule has 1 heterocycles. The number of aromatic nitrogens is 1. The van der Waals surface area contributed by atoms with Crippen molar-refractivity contribution in [1.29, 1.82) is 0 Å². The van der Waals surface area contributed by atoms with Crippen molar-refractivity contribution in [2.45, 2.75) is 0 Å². The smallest absolute Gasteiger partial charge is 0.203 e. The Bertz CT molecular complexity index is 926. The molecule has 2 N–H and O–H groups in total. The number of rotatable bonds is 6. The Morgan fingerprint density at radius 1 is 1.15 bits per heavy atom. The van der Waals surface area contributed by atoms with E-state index in [0.717, 1.165) is 17.0 Å². The first-order valence-corrected chi connectivity index (χ1v) is 9.24. The summed E-state index contributed by atoms with van der Waals surface area (Å²) < 4.78 is 10.7. The molecule has 26 heavy (non-hydrogen) atoms. The van der Waals surface area contributed by atoms with Gasteiger partial charge in [-0.1, -0.05) is 0 Å². The zero-order valence-electron chi connectivity index (χ0n) is 14.1. The van der Waals surface area contributed by atoms with Crippen LogP contribution in [0.5, 0.6) is 17.2 Å². The monoisotopic (exact) mass is 433 g/mol. The van der Waals surface area contributed by atoms with E-state index >= 15 is 0 Å². The van der Waals surface area contributed by atoms with Crippen LogP contribution < -0.4 is 14.9 Å². The molecule has 0 aliphatic heterocycles. The Morgan fingerprint density at radius 3 is 2.62 bits per heavy atom. The summed E-state index contributed by atoms with van der Waals surface area (Å²) in [5.74, 6) is 1.23. The van der Waals surface area contributed by atoms with Gasteiger partial charge in [0.2, 0.25) is 5.13 Å². The quantitative estimate of drug-likeness (QED) is 0.433. The number of phenols is 1. The Hall–Kier alpha value is -2.58. The van der Waals surface area contributed by atoms with Gasteiger partial charge in [0.05, 0.1) is 30.6 Å². The highest BCUT2D eigenvalue weighted by Crippen LogP contribution is 2.35. The number of nitrogens with one attached hydrogen (secondary N) is 1. The molecule has 8 heteroatoms. The van der Waals surface area contributed by atoms with E-state index in [2.05, 4.69) is 31.4 Å². The number of benzene rings is 2. The summed E-state index contributed by atoms with van der Waals surface area (Å²) in [5, 5.41) is 16.8. The first-order chi connectivity index (χ1) is 12.6. The molecule has 0 saturated carbocycles. The molecule has 0 bridgehead atoms. The molecule has 3 rings (SSSR count). The second-order valence-corrected chi connectivity index (χ2v) is 6.81. The number of ether oxygens (including phenoxy) is 2. The summed E-state index contributed by atoms with van der Waals surface area (Å²) in [7, 11) is 3.14. The maximum Gasteiger partial charge on any atom is 0.203 e. The van der Waals surface area contributed by atoms with Crippen molar-refractivity contribution in [3.05, 3.63) is 51.8 Å². The summed E-state index contributed by atoms with van der Waals surface area (Å²) in [6, 6.07) is 11.2. The summed E-state index contributed by atoms with van der Waals surface area (Å²) in [4.78, 5) is 4.51. The minimum atomic E-state index is 0.0347. The first-order valence-electron chi connectivity index (χ1n) is 7.57. The van der Waals surface area contributed by atoms with Gasteiger partial charge in [0.1, 0.15) is 5.75 Å². The minimum absolute atomic E-state index is 0.0347. The van der Waals surface area contributed by atoms with Crippen LogP contribution in [0.4, 0.5) is 5.13 Å². The molecule has 0 unspecified atom stereocenters. The normalized spacial score (nSPS) is 10.9. The van der Waals surface area contributed by atoms with E-state index in [1.54, 1.807) is 25.5 Å². The van der Waals surface area contributed by atoms with E-state index < -0.39 is 0 Å². The van der Waals surface area contributed by atoms with Crippen LogP contribution in [0.1, 0.15) is 5.56 Å². The third-order valence-corrected chi connectivity index (χ3v) is 5.16. The van der Waals surface area contributed by atoms with Crippen molar-refractivity contribution in [3.63, 3.8) is 0 Å². The number of thiazole rings is 1. The van der Waals surface area contributed by atoms with Crippen molar-refractivity contribution in [3.8, 4) is 28.5 Å². The van der Waals surface area contributed by atoms with Crippen LogP contribution >= 0.6 is 27.3 Å². The number of aromatic hydroxyl groups is 1. The second kappa shape index (κ2) is 8.20. The molecule has 0 saturated heterocycles. The van der Waals surface area contributed by atoms with Gasteiger partial charge in [0.15, 0.2) is 11.5 Å². The fraction of sp³-hybridized carbons (Fsp3) is 0.111. The molecule has 6 nitrogen and oxygen atoms in total. The molecule has 1 aromatic heterocycles. The van der Waals surface area contributed by atoms with Gasteiger partial charge in [0.25, 0.3) is 0 Å². The lowest BCUT2D eigenvalue weighted by molar-refractivity contribution is 0.372. The number of methoxy groups -OCH3 is 2. The predicted octanol–water partition coefficient (Wildman–Crippen LogP) is 4.74. The highest BCUT2D eigenvalue weighted by molar-refractivity contribution is 9.10. The molecule has 0 atom stereocenters. The maximum atomic E-state index is 9.99. The van der Waals surface area contributed by atoms with Crippen LogP contribution in [0.25, 0.3) is 11.3 Å². The fourth-order valence-corrected chi connectivity index (χ4v) is 3.30. The standard InChI is InChI=1S/C18H16BrN3O3S/c1-24-13-6-3-11(4-7-13)14-10-26-18(21-14)22-20-9-12-5-8-15(25-2)17(23)16(12)19/h3-10,23H,1-2H3,(H,21,22)/b20-9-. The van der Waals surface area contributed by atoms with Gasteiger partial charge < -0.3 is 14.6 Å². The topological polar surface area (TPSA) is 76.0 Å². The molecule has 0 amide bonds. The molecule has 0 aliphatic rings. The van der Waals surface area contributed by atoms with Crippen LogP contribution in [-0.4, -0.2) is 30.5 Å². The van der Waals surface area contributed by atoms with E-state index in [1.807, 2.05) is 29.6 Å². The predicted molar refractivity (Wildman–Crippen MR) is 108 cm³/mol. The van der Waals surface area contributed by atoms with Crippen molar-refractivity contribution in [2.75, 3.05) is 19.6 Å². The summed E-state index contributed by atoms with van der Waals surface area (Å²) in [6.07, 6.45) is 1.59. The highest BCUT2D eigenvalue weighted by Gasteiger charge is 2.09. The summed E-state index contributed by atoms with van der Waals surface area (Å²) in [5.41, 5.74) is 5.47. The van der Waals surface area contributed by atoms with Crippen LogP contribution in [0.3, 0.4) is 0 Å². The lowest BCUT2D eigenvalue weighted by Gasteiger charge is -2.06. The van der Waals surface area contributed by atoms with Gasteiger partial charge in [-0.15, -0.1) is 11.3 Å². The Balaban J connectivity index is 1.70. The Kier molecular flexibility index (Phi) is 5.75. The van der Waals surface area contributed by atoms with Crippen LogP contribution in [-0.2, 0) is 0 Å². The molecular weight excluding hydrogens is 418 g/mol. The second-order valence-electron chi connectivity index (χ2n) is 5.16. The van der Waals surface area contributed by atoms with E-state index in [1.165, 1.54) is 18.4 Å². The summed E-state index contributed by atoms with van der Waals surface area (Å²) >= 11 is 4.79. The molecular formula is C18H16BrN3O3S. The Morgan fingerprint density at radius 2 is 1.92 bits per heavy atom. The number of hydrogen-bond donors (Lipinski definition) is 2.